The quantitative estimate of drug-likeness (QED) is 0.647. The topological polar surface area (TPSA) is 59.8 Å². The number of thiophene rings is 1. The summed E-state index contributed by atoms with van der Waals surface area (Å²) in [7, 11) is 1.93. The van der Waals surface area contributed by atoms with Gasteiger partial charge in [-0.05, 0) is 55.5 Å². The van der Waals surface area contributed by atoms with Gasteiger partial charge in [0, 0.05) is 28.6 Å². The van der Waals surface area contributed by atoms with Crippen LogP contribution in [0, 0.1) is 5.82 Å². The van der Waals surface area contributed by atoms with Gasteiger partial charge < -0.3 is 9.88 Å². The molecule has 2 heterocycles. The van der Waals surface area contributed by atoms with Crippen LogP contribution in [-0.2, 0) is 24.7 Å². The number of amides is 1. The van der Waals surface area contributed by atoms with Crippen molar-refractivity contribution in [3.8, 4) is 11.4 Å². The molecule has 0 saturated heterocycles. The molecular weight excluding hydrogens is 383 g/mol. The Morgan fingerprint density at radius 3 is 2.85 bits per heavy atom. The normalized spacial score (nSPS) is 13.4. The Kier molecular flexibility index (Phi) is 5.27. The summed E-state index contributed by atoms with van der Waals surface area (Å²) in [4.78, 5) is 13.6. The number of rotatable bonds is 5. The van der Waals surface area contributed by atoms with E-state index in [2.05, 4.69) is 20.9 Å². The number of benzene rings is 1. The van der Waals surface area contributed by atoms with Gasteiger partial charge in [-0.25, -0.2) is 4.39 Å². The minimum Gasteiger partial charge on any atom is -0.325 e. The Balaban J connectivity index is 1.43. The van der Waals surface area contributed by atoms with Crippen LogP contribution in [0.4, 0.5) is 10.1 Å². The number of hydrogen-bond acceptors (Lipinski definition) is 5. The summed E-state index contributed by atoms with van der Waals surface area (Å²) in [6.07, 6.45) is 4.74. The van der Waals surface area contributed by atoms with Crippen molar-refractivity contribution in [3.63, 3.8) is 0 Å². The molecule has 0 spiro atoms. The van der Waals surface area contributed by atoms with Crippen LogP contribution in [0.5, 0.6) is 0 Å². The van der Waals surface area contributed by atoms with E-state index in [4.69, 9.17) is 0 Å². The molecule has 0 radical (unpaired) electrons. The zero-order chi connectivity index (χ0) is 18.8. The molecule has 1 aromatic carbocycles. The molecule has 1 aliphatic carbocycles. The number of nitrogens with one attached hydrogen (secondary N) is 1. The number of aromatic nitrogens is 3. The van der Waals surface area contributed by atoms with Crippen LogP contribution in [0.3, 0.4) is 0 Å². The molecule has 5 nitrogen and oxygen atoms in total. The lowest BCUT2D eigenvalue weighted by molar-refractivity contribution is -0.113. The molecule has 0 saturated carbocycles. The zero-order valence-corrected chi connectivity index (χ0v) is 16.5. The number of aryl methyl sites for hydroxylation is 1. The monoisotopic (exact) mass is 402 g/mol. The molecule has 4 rings (SSSR count). The standard InChI is InChI=1S/C19H19FN4OS2/c1-24-18(15-10-26-16-5-3-2-4-14(15)16)22-23-19(24)27-11-17(25)21-13-8-6-12(20)7-9-13/h6-10H,2-5,11H2,1H3,(H,21,25). The van der Waals surface area contributed by atoms with E-state index in [9.17, 15) is 9.18 Å². The predicted molar refractivity (Wildman–Crippen MR) is 107 cm³/mol. The lowest BCUT2D eigenvalue weighted by atomic mass is 9.96. The highest BCUT2D eigenvalue weighted by Crippen LogP contribution is 2.36. The van der Waals surface area contributed by atoms with Crippen LogP contribution in [0.2, 0.25) is 0 Å². The van der Waals surface area contributed by atoms with E-state index in [0.29, 0.717) is 10.8 Å². The van der Waals surface area contributed by atoms with E-state index in [0.717, 1.165) is 18.7 Å². The van der Waals surface area contributed by atoms with E-state index < -0.39 is 0 Å². The van der Waals surface area contributed by atoms with E-state index in [1.807, 2.05) is 11.6 Å². The molecule has 27 heavy (non-hydrogen) atoms. The third-order valence-corrected chi connectivity index (χ3v) is 6.71. The van der Waals surface area contributed by atoms with Gasteiger partial charge >= 0.3 is 0 Å². The number of anilines is 1. The second kappa shape index (κ2) is 7.82. The van der Waals surface area contributed by atoms with Crippen LogP contribution in [0.1, 0.15) is 23.3 Å². The molecule has 2 aromatic heterocycles. The second-order valence-electron chi connectivity index (χ2n) is 6.47. The van der Waals surface area contributed by atoms with E-state index in [1.165, 1.54) is 64.9 Å². The van der Waals surface area contributed by atoms with E-state index >= 15 is 0 Å². The SMILES string of the molecule is Cn1c(SCC(=O)Nc2ccc(F)cc2)nnc1-c1csc2c1CCCC2. The first-order chi connectivity index (χ1) is 13.1. The van der Waals surface area contributed by atoms with Gasteiger partial charge in [-0.1, -0.05) is 11.8 Å². The average Bonchev–Trinajstić information content (AvgIpc) is 3.25. The first-order valence-electron chi connectivity index (χ1n) is 8.79. The summed E-state index contributed by atoms with van der Waals surface area (Å²) in [5, 5.41) is 14.3. The molecule has 0 fully saturated rings. The molecule has 3 aromatic rings. The number of fused-ring (bicyclic) bond motifs is 1. The fraction of sp³-hybridized carbons (Fsp3) is 0.316. The van der Waals surface area contributed by atoms with Crippen molar-refractivity contribution in [3.05, 3.63) is 45.9 Å². The lowest BCUT2D eigenvalue weighted by Crippen LogP contribution is -2.14. The molecule has 0 bridgehead atoms. The smallest absolute Gasteiger partial charge is 0.234 e. The second-order valence-corrected chi connectivity index (χ2v) is 8.37. The summed E-state index contributed by atoms with van der Waals surface area (Å²) >= 11 is 3.15. The maximum absolute atomic E-state index is 12.9. The minimum absolute atomic E-state index is 0.163. The summed E-state index contributed by atoms with van der Waals surface area (Å²) < 4.78 is 14.9. The maximum Gasteiger partial charge on any atom is 0.234 e. The lowest BCUT2D eigenvalue weighted by Gasteiger charge is -2.12. The van der Waals surface area contributed by atoms with Gasteiger partial charge in [0.25, 0.3) is 0 Å². The number of carbonyl (C=O) groups is 1. The van der Waals surface area contributed by atoms with Crippen molar-refractivity contribution in [2.75, 3.05) is 11.1 Å². The van der Waals surface area contributed by atoms with E-state index in [1.54, 1.807) is 11.3 Å². The van der Waals surface area contributed by atoms with Crippen molar-refractivity contribution in [2.45, 2.75) is 30.8 Å². The maximum atomic E-state index is 12.9. The minimum atomic E-state index is -0.329. The highest BCUT2D eigenvalue weighted by atomic mass is 32.2. The van der Waals surface area contributed by atoms with Crippen LogP contribution in [-0.4, -0.2) is 26.4 Å². The first-order valence-corrected chi connectivity index (χ1v) is 10.7. The highest BCUT2D eigenvalue weighted by molar-refractivity contribution is 7.99. The molecule has 0 aliphatic heterocycles. The highest BCUT2D eigenvalue weighted by Gasteiger charge is 2.21. The molecule has 1 amide bonds. The molecule has 1 N–H and O–H groups in total. The van der Waals surface area contributed by atoms with Crippen LogP contribution in [0.25, 0.3) is 11.4 Å². The van der Waals surface area contributed by atoms with Gasteiger partial charge in [0.1, 0.15) is 5.82 Å². The molecular formula is C19H19FN4OS2. The van der Waals surface area contributed by atoms with Crippen molar-refractivity contribution in [2.24, 2.45) is 7.05 Å². The Hall–Kier alpha value is -2.19. The number of hydrogen-bond donors (Lipinski definition) is 1. The molecule has 140 valence electrons. The largest absolute Gasteiger partial charge is 0.325 e. The Labute approximate surface area is 165 Å². The summed E-state index contributed by atoms with van der Waals surface area (Å²) in [6.45, 7) is 0. The van der Waals surface area contributed by atoms with Crippen LogP contribution >= 0.6 is 23.1 Å². The van der Waals surface area contributed by atoms with Gasteiger partial charge in [0.15, 0.2) is 11.0 Å². The summed E-state index contributed by atoms with van der Waals surface area (Å²) in [5.41, 5.74) is 3.16. The third kappa shape index (κ3) is 3.91. The summed E-state index contributed by atoms with van der Waals surface area (Å²) in [5.74, 6) is 0.579. The molecule has 1 aliphatic rings. The fourth-order valence-electron chi connectivity index (χ4n) is 3.22. The van der Waals surface area contributed by atoms with Gasteiger partial charge in [-0.2, -0.15) is 0 Å². The fourth-order valence-corrected chi connectivity index (χ4v) is 5.05. The van der Waals surface area contributed by atoms with Gasteiger partial charge in [-0.15, -0.1) is 21.5 Å². The number of thioether (sulfide) groups is 1. The summed E-state index contributed by atoms with van der Waals surface area (Å²) in [6, 6.07) is 5.72. The molecule has 0 unspecified atom stereocenters. The Morgan fingerprint density at radius 2 is 2.04 bits per heavy atom. The van der Waals surface area contributed by atoms with Crippen molar-refractivity contribution >= 4 is 34.7 Å². The molecule has 0 atom stereocenters. The number of carbonyl (C=O) groups excluding carboxylic acids is 1. The van der Waals surface area contributed by atoms with Gasteiger partial charge in [0.2, 0.25) is 5.91 Å². The van der Waals surface area contributed by atoms with Gasteiger partial charge in [-0.3, -0.25) is 4.79 Å². The predicted octanol–water partition coefficient (Wildman–Crippen LogP) is 4.29. The van der Waals surface area contributed by atoms with Crippen molar-refractivity contribution in [1.29, 1.82) is 0 Å². The third-order valence-electron chi connectivity index (χ3n) is 4.60. The van der Waals surface area contributed by atoms with E-state index in [-0.39, 0.29) is 17.5 Å². The van der Waals surface area contributed by atoms with Crippen LogP contribution < -0.4 is 5.32 Å². The Bertz CT molecular complexity index is 965. The molecule has 8 heteroatoms. The van der Waals surface area contributed by atoms with Gasteiger partial charge in [0.05, 0.1) is 5.75 Å². The van der Waals surface area contributed by atoms with Crippen molar-refractivity contribution < 1.29 is 9.18 Å². The Morgan fingerprint density at radius 1 is 1.26 bits per heavy atom. The number of nitrogens with zero attached hydrogens (tertiary/aromatic N) is 3. The van der Waals surface area contributed by atoms with Crippen molar-refractivity contribution in [1.82, 2.24) is 14.8 Å². The average molecular weight is 403 g/mol. The first kappa shape index (κ1) is 18.2. The van der Waals surface area contributed by atoms with Crippen LogP contribution in [0.15, 0.2) is 34.8 Å². The number of halogens is 1. The zero-order valence-electron chi connectivity index (χ0n) is 14.9.